The molecule has 0 aliphatic heterocycles. The topological polar surface area (TPSA) is 40.5 Å². The van der Waals surface area contributed by atoms with Crippen molar-refractivity contribution >= 4 is 23.8 Å². The second-order valence-corrected chi connectivity index (χ2v) is 3.96. The molecule has 0 saturated carbocycles. The summed E-state index contributed by atoms with van der Waals surface area (Å²) < 4.78 is 0. The molecule has 0 atom stereocenters. The van der Waals surface area contributed by atoms with E-state index in [1.54, 1.807) is 12.1 Å². The van der Waals surface area contributed by atoms with E-state index in [-0.39, 0.29) is 16.5 Å². The number of rotatable bonds is 2. The first-order chi connectivity index (χ1) is 8.18. The number of hydrogen-bond donors (Lipinski definition) is 2. The Morgan fingerprint density at radius 2 is 1.59 bits per heavy atom. The van der Waals surface area contributed by atoms with Crippen molar-refractivity contribution in [2.75, 3.05) is 0 Å². The van der Waals surface area contributed by atoms with Gasteiger partial charge in [-0.15, -0.1) is 0 Å². The van der Waals surface area contributed by atoms with Gasteiger partial charge in [-0.3, -0.25) is 0 Å². The fourth-order valence-corrected chi connectivity index (χ4v) is 1.67. The van der Waals surface area contributed by atoms with Gasteiger partial charge in [-0.1, -0.05) is 54.1 Å². The highest BCUT2D eigenvalue weighted by Gasteiger charge is 2.07. The SMILES string of the molecule is Oc1ccc(C=Cc2ccccc2)c(Cl)c1O. The Bertz CT molecular complexity index is 548. The molecule has 2 N–H and O–H groups in total. The van der Waals surface area contributed by atoms with E-state index >= 15 is 0 Å². The average molecular weight is 247 g/mol. The molecule has 2 aromatic carbocycles. The monoisotopic (exact) mass is 246 g/mol. The molecule has 0 saturated heterocycles. The van der Waals surface area contributed by atoms with Gasteiger partial charge < -0.3 is 10.2 Å². The summed E-state index contributed by atoms with van der Waals surface area (Å²) in [4.78, 5) is 0. The lowest BCUT2D eigenvalue weighted by Gasteiger charge is -2.03. The van der Waals surface area contributed by atoms with Crippen LogP contribution in [0.25, 0.3) is 12.2 Å². The Hall–Kier alpha value is -1.93. The number of hydrogen-bond acceptors (Lipinski definition) is 2. The maximum Gasteiger partial charge on any atom is 0.177 e. The van der Waals surface area contributed by atoms with Gasteiger partial charge in [0.25, 0.3) is 0 Å². The zero-order chi connectivity index (χ0) is 12.3. The first-order valence-corrected chi connectivity index (χ1v) is 5.50. The molecule has 86 valence electrons. The molecule has 0 aliphatic carbocycles. The van der Waals surface area contributed by atoms with Gasteiger partial charge in [0.15, 0.2) is 11.5 Å². The molecule has 0 fully saturated rings. The predicted octanol–water partition coefficient (Wildman–Crippen LogP) is 3.92. The summed E-state index contributed by atoms with van der Waals surface area (Å²) in [6.07, 6.45) is 3.68. The van der Waals surface area contributed by atoms with Crippen LogP contribution in [-0.2, 0) is 0 Å². The van der Waals surface area contributed by atoms with Crippen molar-refractivity contribution in [3.63, 3.8) is 0 Å². The highest BCUT2D eigenvalue weighted by Crippen LogP contribution is 2.36. The molecule has 3 heteroatoms. The van der Waals surface area contributed by atoms with Crippen LogP contribution < -0.4 is 0 Å². The quantitative estimate of drug-likeness (QED) is 0.623. The Morgan fingerprint density at radius 3 is 2.29 bits per heavy atom. The molecule has 0 aromatic heterocycles. The molecule has 0 unspecified atom stereocenters. The summed E-state index contributed by atoms with van der Waals surface area (Å²) in [5.74, 6) is -0.506. The van der Waals surface area contributed by atoms with Crippen LogP contribution in [0.1, 0.15) is 11.1 Å². The third-order valence-corrected chi connectivity index (χ3v) is 2.78. The molecule has 2 aromatic rings. The second kappa shape index (κ2) is 4.93. The average Bonchev–Trinajstić information content (AvgIpc) is 2.36. The van der Waals surface area contributed by atoms with Gasteiger partial charge in [0, 0.05) is 0 Å². The summed E-state index contributed by atoms with van der Waals surface area (Å²) in [5, 5.41) is 18.9. The number of phenols is 2. The number of benzene rings is 2. The lowest BCUT2D eigenvalue weighted by molar-refractivity contribution is 0.404. The van der Waals surface area contributed by atoms with Gasteiger partial charge in [0.2, 0.25) is 0 Å². The third kappa shape index (κ3) is 2.60. The minimum Gasteiger partial charge on any atom is -0.504 e. The number of halogens is 1. The molecule has 0 aliphatic rings. The van der Waals surface area contributed by atoms with Crippen molar-refractivity contribution < 1.29 is 10.2 Å². The fraction of sp³-hybridized carbons (Fsp3) is 0. The normalized spacial score (nSPS) is 10.9. The molecule has 0 spiro atoms. The maximum atomic E-state index is 9.47. The van der Waals surface area contributed by atoms with Crippen LogP contribution in [0.2, 0.25) is 5.02 Å². The Morgan fingerprint density at radius 1 is 0.882 bits per heavy atom. The van der Waals surface area contributed by atoms with Crippen molar-refractivity contribution in [3.8, 4) is 11.5 Å². The van der Waals surface area contributed by atoms with Gasteiger partial charge in [-0.05, 0) is 23.3 Å². The van der Waals surface area contributed by atoms with Crippen molar-refractivity contribution in [3.05, 3.63) is 58.6 Å². The summed E-state index contributed by atoms with van der Waals surface area (Å²) in [6.45, 7) is 0. The zero-order valence-electron chi connectivity index (χ0n) is 8.97. The Balaban J connectivity index is 2.31. The molecule has 0 amide bonds. The van der Waals surface area contributed by atoms with E-state index < -0.39 is 0 Å². The van der Waals surface area contributed by atoms with Gasteiger partial charge in [0.05, 0.1) is 5.02 Å². The van der Waals surface area contributed by atoms with Crippen molar-refractivity contribution in [2.24, 2.45) is 0 Å². The zero-order valence-corrected chi connectivity index (χ0v) is 9.72. The van der Waals surface area contributed by atoms with Gasteiger partial charge in [-0.2, -0.15) is 0 Å². The second-order valence-electron chi connectivity index (χ2n) is 3.58. The minimum absolute atomic E-state index is 0.150. The molecule has 0 bridgehead atoms. The van der Waals surface area contributed by atoms with E-state index in [2.05, 4.69) is 0 Å². The van der Waals surface area contributed by atoms with Crippen LogP contribution in [0.3, 0.4) is 0 Å². The van der Waals surface area contributed by atoms with Crippen molar-refractivity contribution in [1.82, 2.24) is 0 Å². The van der Waals surface area contributed by atoms with Gasteiger partial charge in [0.1, 0.15) is 0 Å². The highest BCUT2D eigenvalue weighted by atomic mass is 35.5. The van der Waals surface area contributed by atoms with Crippen LogP contribution in [-0.4, -0.2) is 10.2 Å². The molecule has 2 rings (SSSR count). The third-order valence-electron chi connectivity index (χ3n) is 2.38. The molecule has 17 heavy (non-hydrogen) atoms. The predicted molar refractivity (Wildman–Crippen MR) is 70.2 cm³/mol. The lowest BCUT2D eigenvalue weighted by atomic mass is 10.1. The van der Waals surface area contributed by atoms with E-state index in [1.807, 2.05) is 36.4 Å². The molecule has 0 heterocycles. The van der Waals surface area contributed by atoms with Gasteiger partial charge in [-0.25, -0.2) is 0 Å². The molecular formula is C14H11ClO2. The maximum absolute atomic E-state index is 9.47. The molecule has 2 nitrogen and oxygen atoms in total. The lowest BCUT2D eigenvalue weighted by Crippen LogP contribution is -1.78. The minimum atomic E-state index is -0.290. The number of aromatic hydroxyl groups is 2. The first-order valence-electron chi connectivity index (χ1n) is 5.12. The van der Waals surface area contributed by atoms with E-state index in [9.17, 15) is 10.2 Å². The van der Waals surface area contributed by atoms with Crippen LogP contribution in [0.15, 0.2) is 42.5 Å². The first kappa shape index (κ1) is 11.6. The highest BCUT2D eigenvalue weighted by molar-refractivity contribution is 6.33. The van der Waals surface area contributed by atoms with Crippen molar-refractivity contribution in [1.29, 1.82) is 0 Å². The van der Waals surface area contributed by atoms with E-state index in [4.69, 9.17) is 11.6 Å². The fourth-order valence-electron chi connectivity index (χ4n) is 1.45. The Kier molecular flexibility index (Phi) is 3.35. The molecule has 0 radical (unpaired) electrons. The van der Waals surface area contributed by atoms with E-state index in [0.717, 1.165) is 5.56 Å². The molecular weight excluding hydrogens is 236 g/mol. The summed E-state index contributed by atoms with van der Waals surface area (Å²) >= 11 is 5.90. The standard InChI is InChI=1S/C14H11ClO2/c15-13-11(8-9-12(16)14(13)17)7-6-10-4-2-1-3-5-10/h1-9,16-17H. The summed E-state index contributed by atoms with van der Waals surface area (Å²) in [5.41, 5.74) is 1.70. The van der Waals surface area contributed by atoms with Gasteiger partial charge >= 0.3 is 0 Å². The van der Waals surface area contributed by atoms with Crippen LogP contribution >= 0.6 is 11.6 Å². The number of phenolic OH excluding ortho intramolecular Hbond substituents is 2. The summed E-state index contributed by atoms with van der Waals surface area (Å²) in [7, 11) is 0. The van der Waals surface area contributed by atoms with Crippen LogP contribution in [0.5, 0.6) is 11.5 Å². The largest absolute Gasteiger partial charge is 0.504 e. The van der Waals surface area contributed by atoms with Crippen LogP contribution in [0.4, 0.5) is 0 Å². The van der Waals surface area contributed by atoms with E-state index in [0.29, 0.717) is 5.56 Å². The van der Waals surface area contributed by atoms with E-state index in [1.165, 1.54) is 6.07 Å². The summed E-state index contributed by atoms with van der Waals surface area (Å²) in [6, 6.07) is 12.8. The Labute approximate surface area is 104 Å². The smallest absolute Gasteiger partial charge is 0.177 e. The van der Waals surface area contributed by atoms with Crippen LogP contribution in [0, 0.1) is 0 Å². The van der Waals surface area contributed by atoms with Crippen molar-refractivity contribution in [2.45, 2.75) is 0 Å².